The van der Waals surface area contributed by atoms with E-state index < -0.39 is 0 Å². The topological polar surface area (TPSA) is 21.3 Å². The van der Waals surface area contributed by atoms with E-state index in [1.165, 1.54) is 23.3 Å². The van der Waals surface area contributed by atoms with Crippen LogP contribution in [0.3, 0.4) is 0 Å². The molecule has 0 saturated heterocycles. The molecule has 19 heavy (non-hydrogen) atoms. The lowest BCUT2D eigenvalue weighted by molar-refractivity contribution is 0.303. The van der Waals surface area contributed by atoms with Crippen LogP contribution < -0.4 is 10.1 Å². The van der Waals surface area contributed by atoms with Gasteiger partial charge in [0.1, 0.15) is 5.75 Å². The summed E-state index contributed by atoms with van der Waals surface area (Å²) in [5, 5.41) is 5.48. The number of rotatable bonds is 5. The third kappa shape index (κ3) is 3.19. The first-order valence-corrected chi connectivity index (χ1v) is 8.11. The van der Waals surface area contributed by atoms with Gasteiger partial charge >= 0.3 is 0 Å². The molecule has 2 nitrogen and oxygen atoms in total. The second-order valence-corrected chi connectivity index (χ2v) is 6.63. The van der Waals surface area contributed by atoms with Gasteiger partial charge in [-0.15, -0.1) is 11.3 Å². The molecule has 1 aromatic heterocycles. The van der Waals surface area contributed by atoms with Crippen molar-refractivity contribution in [1.82, 2.24) is 5.32 Å². The molecule has 0 amide bonds. The maximum absolute atomic E-state index is 5.78. The summed E-state index contributed by atoms with van der Waals surface area (Å²) in [6.45, 7) is 0. The first-order chi connectivity index (χ1) is 9.26. The standard InChI is InChI=1S/C15H16BrNOS/c1-17-15(14-8-11(16)9-19-14)10-2-4-12(5-3-10)18-13-6-7-13/h2-5,8-9,13,15,17H,6-7H2,1H3. The lowest BCUT2D eigenvalue weighted by Crippen LogP contribution is -2.16. The van der Waals surface area contributed by atoms with Gasteiger partial charge in [0, 0.05) is 14.7 Å². The quantitative estimate of drug-likeness (QED) is 0.875. The van der Waals surface area contributed by atoms with E-state index in [2.05, 4.69) is 57.0 Å². The zero-order valence-corrected chi connectivity index (χ0v) is 13.1. The molecule has 1 atom stereocenters. The Bertz CT molecular complexity index is 548. The van der Waals surface area contributed by atoms with Crippen molar-refractivity contribution in [1.29, 1.82) is 0 Å². The van der Waals surface area contributed by atoms with Crippen LogP contribution in [0.5, 0.6) is 5.75 Å². The smallest absolute Gasteiger partial charge is 0.119 e. The van der Waals surface area contributed by atoms with Crippen molar-refractivity contribution >= 4 is 27.3 Å². The van der Waals surface area contributed by atoms with E-state index in [-0.39, 0.29) is 6.04 Å². The molecular formula is C15H16BrNOS. The fourth-order valence-corrected chi connectivity index (χ4v) is 3.65. The van der Waals surface area contributed by atoms with Crippen LogP contribution >= 0.6 is 27.3 Å². The number of hydrogen-bond acceptors (Lipinski definition) is 3. The van der Waals surface area contributed by atoms with Crippen LogP contribution in [0.15, 0.2) is 40.2 Å². The average Bonchev–Trinajstić information content (AvgIpc) is 3.13. The van der Waals surface area contributed by atoms with Gasteiger partial charge in [0.2, 0.25) is 0 Å². The van der Waals surface area contributed by atoms with Gasteiger partial charge in [0.05, 0.1) is 12.1 Å². The number of ether oxygens (including phenoxy) is 1. The Kier molecular flexibility index (Phi) is 3.91. The maximum Gasteiger partial charge on any atom is 0.119 e. The minimum absolute atomic E-state index is 0.242. The van der Waals surface area contributed by atoms with Crippen molar-refractivity contribution < 1.29 is 4.74 Å². The molecule has 1 fully saturated rings. The van der Waals surface area contributed by atoms with Crippen LogP contribution in [-0.2, 0) is 0 Å². The zero-order chi connectivity index (χ0) is 13.2. The van der Waals surface area contributed by atoms with Gasteiger partial charge in [-0.05, 0) is 59.6 Å². The largest absolute Gasteiger partial charge is 0.490 e. The molecule has 1 saturated carbocycles. The van der Waals surface area contributed by atoms with Crippen LogP contribution in [0.4, 0.5) is 0 Å². The molecule has 1 N–H and O–H groups in total. The zero-order valence-electron chi connectivity index (χ0n) is 10.7. The predicted molar refractivity (Wildman–Crippen MR) is 83.0 cm³/mol. The lowest BCUT2D eigenvalue weighted by atomic mass is 10.1. The predicted octanol–water partition coefficient (Wildman–Crippen LogP) is 4.36. The van der Waals surface area contributed by atoms with Crippen LogP contribution in [0.1, 0.15) is 29.3 Å². The molecule has 100 valence electrons. The van der Waals surface area contributed by atoms with E-state index in [0.29, 0.717) is 6.10 Å². The molecule has 0 radical (unpaired) electrons. The van der Waals surface area contributed by atoms with Crippen LogP contribution in [0, 0.1) is 0 Å². The van der Waals surface area contributed by atoms with Crippen molar-refractivity contribution in [3.8, 4) is 5.75 Å². The first-order valence-electron chi connectivity index (χ1n) is 6.44. The molecule has 0 spiro atoms. The highest BCUT2D eigenvalue weighted by Gasteiger charge is 2.23. The van der Waals surface area contributed by atoms with Crippen molar-refractivity contribution in [3.05, 3.63) is 50.6 Å². The van der Waals surface area contributed by atoms with Gasteiger partial charge < -0.3 is 10.1 Å². The molecule has 3 rings (SSSR count). The lowest BCUT2D eigenvalue weighted by Gasteiger charge is -2.15. The monoisotopic (exact) mass is 337 g/mol. The summed E-state index contributed by atoms with van der Waals surface area (Å²) in [5.74, 6) is 0.980. The fraction of sp³-hybridized carbons (Fsp3) is 0.333. The molecule has 1 aliphatic rings. The summed E-state index contributed by atoms with van der Waals surface area (Å²) in [5.41, 5.74) is 1.26. The van der Waals surface area contributed by atoms with Gasteiger partial charge in [-0.2, -0.15) is 0 Å². The van der Waals surface area contributed by atoms with Gasteiger partial charge in [-0.3, -0.25) is 0 Å². The molecule has 1 unspecified atom stereocenters. The van der Waals surface area contributed by atoms with E-state index in [1.807, 2.05) is 7.05 Å². The summed E-state index contributed by atoms with van der Waals surface area (Å²) in [6.07, 6.45) is 2.85. The Labute approximate surface area is 125 Å². The molecule has 1 heterocycles. The van der Waals surface area contributed by atoms with E-state index in [1.54, 1.807) is 11.3 Å². The van der Waals surface area contributed by atoms with E-state index in [0.717, 1.165) is 10.2 Å². The Morgan fingerprint density at radius 3 is 2.58 bits per heavy atom. The SMILES string of the molecule is CNC(c1ccc(OC2CC2)cc1)c1cc(Br)cs1. The van der Waals surface area contributed by atoms with Crippen molar-refractivity contribution in [2.75, 3.05) is 7.05 Å². The summed E-state index contributed by atoms with van der Waals surface area (Å²) < 4.78 is 6.92. The van der Waals surface area contributed by atoms with Crippen LogP contribution in [0.25, 0.3) is 0 Å². The van der Waals surface area contributed by atoms with Gasteiger partial charge in [0.25, 0.3) is 0 Å². The van der Waals surface area contributed by atoms with Crippen molar-refractivity contribution in [3.63, 3.8) is 0 Å². The minimum atomic E-state index is 0.242. The van der Waals surface area contributed by atoms with Crippen molar-refractivity contribution in [2.45, 2.75) is 25.0 Å². The number of hydrogen-bond donors (Lipinski definition) is 1. The molecule has 0 bridgehead atoms. The second-order valence-electron chi connectivity index (χ2n) is 4.78. The third-order valence-electron chi connectivity index (χ3n) is 3.20. The highest BCUT2D eigenvalue weighted by Crippen LogP contribution is 2.32. The minimum Gasteiger partial charge on any atom is -0.490 e. The number of halogens is 1. The number of benzene rings is 1. The summed E-state index contributed by atoms with van der Waals surface area (Å²) >= 11 is 5.27. The molecule has 1 aromatic carbocycles. The number of thiophene rings is 1. The molecule has 2 aromatic rings. The molecule has 1 aliphatic carbocycles. The molecule has 4 heteroatoms. The van der Waals surface area contributed by atoms with Crippen LogP contribution in [-0.4, -0.2) is 13.2 Å². The third-order valence-corrected chi connectivity index (χ3v) is 4.96. The summed E-state index contributed by atoms with van der Waals surface area (Å²) in [7, 11) is 1.99. The Morgan fingerprint density at radius 2 is 2.05 bits per heavy atom. The second kappa shape index (κ2) is 5.65. The highest BCUT2D eigenvalue weighted by atomic mass is 79.9. The Balaban J connectivity index is 1.78. The summed E-state index contributed by atoms with van der Waals surface area (Å²) in [6, 6.07) is 10.8. The maximum atomic E-state index is 5.78. The summed E-state index contributed by atoms with van der Waals surface area (Å²) in [4.78, 5) is 1.31. The number of nitrogens with one attached hydrogen (secondary N) is 1. The van der Waals surface area contributed by atoms with Crippen molar-refractivity contribution in [2.24, 2.45) is 0 Å². The van der Waals surface area contributed by atoms with E-state index in [4.69, 9.17) is 4.74 Å². The van der Waals surface area contributed by atoms with Gasteiger partial charge in [-0.1, -0.05) is 12.1 Å². The average molecular weight is 338 g/mol. The normalized spacial score (nSPS) is 16.3. The first kappa shape index (κ1) is 13.2. The van der Waals surface area contributed by atoms with Crippen LogP contribution in [0.2, 0.25) is 0 Å². The van der Waals surface area contributed by atoms with Gasteiger partial charge in [-0.25, -0.2) is 0 Å². The van der Waals surface area contributed by atoms with Gasteiger partial charge in [0.15, 0.2) is 0 Å². The van der Waals surface area contributed by atoms with E-state index in [9.17, 15) is 0 Å². The molecule has 0 aliphatic heterocycles. The Morgan fingerprint density at radius 1 is 1.32 bits per heavy atom. The Hall–Kier alpha value is -0.840. The fourth-order valence-electron chi connectivity index (χ4n) is 2.07. The highest BCUT2D eigenvalue weighted by molar-refractivity contribution is 9.10. The van der Waals surface area contributed by atoms with E-state index >= 15 is 0 Å². The molecular weight excluding hydrogens is 322 g/mol.